The van der Waals surface area contributed by atoms with E-state index in [1.54, 1.807) is 0 Å². The van der Waals surface area contributed by atoms with Crippen LogP contribution in [-0.2, 0) is 0 Å². The predicted octanol–water partition coefficient (Wildman–Crippen LogP) is 11.0. The Labute approximate surface area is 277 Å². The van der Waals surface area contributed by atoms with Gasteiger partial charge in [-0.3, -0.25) is 0 Å². The van der Waals surface area contributed by atoms with Crippen molar-refractivity contribution in [1.82, 2.24) is 9.13 Å². The molecule has 0 aliphatic carbocycles. The fourth-order valence-corrected chi connectivity index (χ4v) is 7.22. The lowest BCUT2D eigenvalue weighted by Crippen LogP contribution is -1.98. The summed E-state index contributed by atoms with van der Waals surface area (Å²) in [5.41, 5.74) is 11.8. The van der Waals surface area contributed by atoms with Crippen molar-refractivity contribution in [2.75, 3.05) is 0 Å². The topological polar surface area (TPSA) is 57.4 Å². The highest BCUT2D eigenvalue weighted by atomic mass is 15.0. The van der Waals surface area contributed by atoms with Crippen LogP contribution in [0.1, 0.15) is 11.1 Å². The van der Waals surface area contributed by atoms with Crippen molar-refractivity contribution in [2.45, 2.75) is 0 Å². The van der Waals surface area contributed by atoms with Crippen LogP contribution in [-0.4, -0.2) is 9.13 Å². The van der Waals surface area contributed by atoms with Gasteiger partial charge in [-0.25, -0.2) is 0 Å². The molecule has 9 rings (SSSR count). The van der Waals surface area contributed by atoms with E-state index in [9.17, 15) is 10.5 Å². The number of fused-ring (bicyclic) bond motifs is 6. The van der Waals surface area contributed by atoms with E-state index in [0.29, 0.717) is 11.1 Å². The first-order valence-corrected chi connectivity index (χ1v) is 15.9. The van der Waals surface area contributed by atoms with Gasteiger partial charge in [0.25, 0.3) is 0 Å². The molecule has 7 aromatic carbocycles. The Bertz CT molecular complexity index is 2760. The average Bonchev–Trinajstić information content (AvgIpc) is 3.67. The molecule has 0 aliphatic rings. The molecule has 0 amide bonds. The molecule has 2 heterocycles. The molecule has 0 radical (unpaired) electrons. The Kier molecular flexibility index (Phi) is 6.22. The number of rotatable bonds is 4. The monoisotopic (exact) mass is 610 g/mol. The highest BCUT2D eigenvalue weighted by Gasteiger charge is 2.17. The molecule has 9 aromatic rings. The van der Waals surface area contributed by atoms with Gasteiger partial charge in [-0.1, -0.05) is 97.1 Å². The Morgan fingerprint density at radius 2 is 0.896 bits per heavy atom. The van der Waals surface area contributed by atoms with Crippen LogP contribution < -0.4 is 0 Å². The van der Waals surface area contributed by atoms with Gasteiger partial charge in [0.15, 0.2) is 0 Å². The number of hydrogen-bond acceptors (Lipinski definition) is 2. The van der Waals surface area contributed by atoms with E-state index in [1.165, 1.54) is 10.8 Å². The van der Waals surface area contributed by atoms with Gasteiger partial charge >= 0.3 is 0 Å². The van der Waals surface area contributed by atoms with E-state index in [0.717, 1.165) is 66.5 Å². The minimum atomic E-state index is 0.616. The number of hydrogen-bond donors (Lipinski definition) is 0. The normalized spacial score (nSPS) is 11.3. The van der Waals surface area contributed by atoms with Crippen LogP contribution in [0.2, 0.25) is 0 Å². The molecule has 0 atom stereocenters. The molecule has 222 valence electrons. The Morgan fingerprint density at radius 1 is 0.375 bits per heavy atom. The smallest absolute Gasteiger partial charge is 0.0992 e. The van der Waals surface area contributed by atoms with E-state index in [4.69, 9.17) is 0 Å². The summed E-state index contributed by atoms with van der Waals surface area (Å²) in [5, 5.41) is 24.2. The van der Waals surface area contributed by atoms with Crippen molar-refractivity contribution >= 4 is 43.6 Å². The first-order chi connectivity index (χ1) is 23.7. The number of nitriles is 2. The second-order valence-electron chi connectivity index (χ2n) is 12.0. The van der Waals surface area contributed by atoms with Crippen molar-refractivity contribution in [2.24, 2.45) is 0 Å². The van der Waals surface area contributed by atoms with Crippen molar-refractivity contribution < 1.29 is 0 Å². The second kappa shape index (κ2) is 10.9. The fourth-order valence-electron chi connectivity index (χ4n) is 7.22. The van der Waals surface area contributed by atoms with Crippen LogP contribution in [0, 0.1) is 22.7 Å². The number of aromatic nitrogens is 2. The third kappa shape index (κ3) is 4.22. The standard InChI is InChI=1S/C44H26N4/c45-27-29-19-21-35(43(23-29)48-41-17-5-2-13-36(41)37-14-3-6-18-42(37)48)33-11-7-9-31(25-33)32-10-8-12-34(26-32)47-40-16-4-1-15-38(40)39-22-20-30(28-46)24-44(39)47/h1-26H. The predicted molar refractivity (Wildman–Crippen MR) is 195 cm³/mol. The van der Waals surface area contributed by atoms with Gasteiger partial charge in [0.2, 0.25) is 0 Å². The molecule has 0 bridgehead atoms. The van der Waals surface area contributed by atoms with Gasteiger partial charge in [0.05, 0.1) is 51.0 Å². The zero-order chi connectivity index (χ0) is 32.2. The summed E-state index contributed by atoms with van der Waals surface area (Å²) in [6.07, 6.45) is 0. The fraction of sp³-hybridized carbons (Fsp3) is 0. The summed E-state index contributed by atoms with van der Waals surface area (Å²) < 4.78 is 4.53. The summed E-state index contributed by atoms with van der Waals surface area (Å²) in [4.78, 5) is 0. The van der Waals surface area contributed by atoms with Crippen molar-refractivity contribution in [3.63, 3.8) is 0 Å². The first-order valence-electron chi connectivity index (χ1n) is 15.9. The maximum absolute atomic E-state index is 9.93. The SMILES string of the molecule is N#Cc1ccc(-c2cccc(-c3cccc(-n4c5ccccc5c5ccc(C#N)cc54)c3)c2)c(-n2c3ccccc3c3ccccc32)c1. The van der Waals surface area contributed by atoms with E-state index < -0.39 is 0 Å². The quantitative estimate of drug-likeness (QED) is 0.199. The summed E-state index contributed by atoms with van der Waals surface area (Å²) in [5.74, 6) is 0. The zero-order valence-corrected chi connectivity index (χ0v) is 25.8. The first kappa shape index (κ1) is 27.4. The van der Waals surface area contributed by atoms with Crippen LogP contribution in [0.3, 0.4) is 0 Å². The third-order valence-corrected chi connectivity index (χ3v) is 9.36. The molecule has 0 aliphatic heterocycles. The van der Waals surface area contributed by atoms with Crippen molar-refractivity contribution in [3.8, 4) is 45.8 Å². The van der Waals surface area contributed by atoms with Crippen molar-refractivity contribution in [3.05, 3.63) is 169 Å². The highest BCUT2D eigenvalue weighted by molar-refractivity contribution is 6.10. The van der Waals surface area contributed by atoms with Gasteiger partial charge in [-0.05, 0) is 77.4 Å². The lowest BCUT2D eigenvalue weighted by molar-refractivity contribution is 1.18. The minimum Gasteiger partial charge on any atom is -0.309 e. The molecule has 0 unspecified atom stereocenters. The second-order valence-corrected chi connectivity index (χ2v) is 12.0. The van der Waals surface area contributed by atoms with Gasteiger partial charge in [0, 0.05) is 32.8 Å². The minimum absolute atomic E-state index is 0.616. The molecule has 0 N–H and O–H groups in total. The third-order valence-electron chi connectivity index (χ3n) is 9.36. The number of benzene rings is 7. The van der Waals surface area contributed by atoms with Gasteiger partial charge in [-0.2, -0.15) is 10.5 Å². The Morgan fingerprint density at radius 3 is 1.56 bits per heavy atom. The Hall–Kier alpha value is -6.88. The summed E-state index contributed by atoms with van der Waals surface area (Å²) in [6.45, 7) is 0. The average molecular weight is 611 g/mol. The molecule has 0 saturated carbocycles. The van der Waals surface area contributed by atoms with Crippen LogP contribution >= 0.6 is 0 Å². The largest absolute Gasteiger partial charge is 0.309 e. The van der Waals surface area contributed by atoms with E-state index >= 15 is 0 Å². The van der Waals surface area contributed by atoms with Gasteiger partial charge in [-0.15, -0.1) is 0 Å². The van der Waals surface area contributed by atoms with Crippen LogP contribution in [0.25, 0.3) is 77.2 Å². The van der Waals surface area contributed by atoms with Gasteiger partial charge in [0.1, 0.15) is 0 Å². The summed E-state index contributed by atoms with van der Waals surface area (Å²) in [7, 11) is 0. The highest BCUT2D eigenvalue weighted by Crippen LogP contribution is 2.38. The summed E-state index contributed by atoms with van der Waals surface area (Å²) in [6, 6.07) is 59.0. The zero-order valence-electron chi connectivity index (χ0n) is 25.8. The molecule has 4 nitrogen and oxygen atoms in total. The van der Waals surface area contributed by atoms with Crippen LogP contribution in [0.4, 0.5) is 0 Å². The van der Waals surface area contributed by atoms with E-state index in [-0.39, 0.29) is 0 Å². The molecule has 48 heavy (non-hydrogen) atoms. The molecular formula is C44H26N4. The molecular weight excluding hydrogens is 585 g/mol. The molecule has 0 fully saturated rings. The Balaban J connectivity index is 1.22. The van der Waals surface area contributed by atoms with Crippen LogP contribution in [0.15, 0.2) is 158 Å². The maximum atomic E-state index is 9.93. The number of nitrogens with zero attached hydrogens (tertiary/aromatic N) is 4. The van der Waals surface area contributed by atoms with Crippen molar-refractivity contribution in [1.29, 1.82) is 10.5 Å². The van der Waals surface area contributed by atoms with Crippen LogP contribution in [0.5, 0.6) is 0 Å². The van der Waals surface area contributed by atoms with E-state index in [1.807, 2.05) is 30.3 Å². The van der Waals surface area contributed by atoms with E-state index in [2.05, 4.69) is 149 Å². The molecule has 2 aromatic heterocycles. The van der Waals surface area contributed by atoms with Gasteiger partial charge < -0.3 is 9.13 Å². The lowest BCUT2D eigenvalue weighted by atomic mass is 9.96. The molecule has 0 spiro atoms. The lowest BCUT2D eigenvalue weighted by Gasteiger charge is -2.16. The maximum Gasteiger partial charge on any atom is 0.0992 e. The molecule has 4 heteroatoms. The summed E-state index contributed by atoms with van der Waals surface area (Å²) >= 11 is 0. The number of para-hydroxylation sites is 3. The molecule has 0 saturated heterocycles.